The molecule has 0 aliphatic rings. The van der Waals surface area contributed by atoms with Crippen molar-refractivity contribution in [2.75, 3.05) is 7.05 Å². The minimum Gasteiger partial charge on any atom is -0.478 e. The number of benzene rings is 1. The molecular formula is C15H15F2NO3. The highest BCUT2D eigenvalue weighted by molar-refractivity contribution is 5.88. The van der Waals surface area contributed by atoms with Gasteiger partial charge in [-0.1, -0.05) is 0 Å². The monoisotopic (exact) mass is 295 g/mol. The Labute approximate surface area is 120 Å². The molecule has 1 unspecified atom stereocenters. The highest BCUT2D eigenvalue weighted by Gasteiger charge is 2.20. The van der Waals surface area contributed by atoms with Crippen LogP contribution in [0, 0.1) is 11.6 Å². The van der Waals surface area contributed by atoms with Gasteiger partial charge in [0.2, 0.25) is 0 Å². The molecule has 1 aromatic heterocycles. The molecule has 0 saturated carbocycles. The van der Waals surface area contributed by atoms with Gasteiger partial charge in [0.1, 0.15) is 23.0 Å². The van der Waals surface area contributed by atoms with Crippen molar-refractivity contribution in [3.8, 4) is 0 Å². The fraction of sp³-hybridized carbons (Fsp3) is 0.267. The first kappa shape index (κ1) is 15.2. The van der Waals surface area contributed by atoms with Gasteiger partial charge in [0.05, 0.1) is 12.8 Å². The Hall–Kier alpha value is -2.21. The van der Waals surface area contributed by atoms with Crippen LogP contribution in [0.1, 0.15) is 34.6 Å². The molecule has 0 amide bonds. The first-order valence-electron chi connectivity index (χ1n) is 6.35. The van der Waals surface area contributed by atoms with E-state index in [2.05, 4.69) is 0 Å². The topological polar surface area (TPSA) is 53.7 Å². The normalized spacial score (nSPS) is 12.6. The molecule has 0 radical (unpaired) electrons. The van der Waals surface area contributed by atoms with Gasteiger partial charge in [-0.3, -0.25) is 4.90 Å². The lowest BCUT2D eigenvalue weighted by Crippen LogP contribution is -2.23. The molecule has 0 aliphatic carbocycles. The standard InChI is InChI=1S/C15H15F2NO3/c1-9(12-7-10(16)3-4-13(12)17)18(2)8-14-11(15(19)20)5-6-21-14/h3-7,9H,8H2,1-2H3,(H,19,20). The quantitative estimate of drug-likeness (QED) is 0.918. The number of nitrogens with zero attached hydrogens (tertiary/aromatic N) is 1. The molecule has 2 aromatic rings. The summed E-state index contributed by atoms with van der Waals surface area (Å²) in [6.45, 7) is 1.88. The molecule has 21 heavy (non-hydrogen) atoms. The number of hydrogen-bond acceptors (Lipinski definition) is 3. The Morgan fingerprint density at radius 2 is 2.10 bits per heavy atom. The summed E-state index contributed by atoms with van der Waals surface area (Å²) < 4.78 is 32.1. The van der Waals surface area contributed by atoms with Gasteiger partial charge in [0.25, 0.3) is 0 Å². The van der Waals surface area contributed by atoms with Gasteiger partial charge in [-0.05, 0) is 38.2 Å². The smallest absolute Gasteiger partial charge is 0.339 e. The van der Waals surface area contributed by atoms with Gasteiger partial charge in [0.15, 0.2) is 0 Å². The molecule has 1 atom stereocenters. The number of carboxylic acids is 1. The predicted octanol–water partition coefficient (Wildman–Crippen LogP) is 3.45. The zero-order valence-corrected chi connectivity index (χ0v) is 11.6. The Kier molecular flexibility index (Phi) is 4.37. The zero-order chi connectivity index (χ0) is 15.6. The van der Waals surface area contributed by atoms with Crippen molar-refractivity contribution in [3.63, 3.8) is 0 Å². The summed E-state index contributed by atoms with van der Waals surface area (Å²) in [6, 6.07) is 4.19. The number of furan rings is 1. The Morgan fingerprint density at radius 1 is 1.38 bits per heavy atom. The van der Waals surface area contributed by atoms with Crippen molar-refractivity contribution in [2.24, 2.45) is 0 Å². The average molecular weight is 295 g/mol. The van der Waals surface area contributed by atoms with E-state index in [1.54, 1.807) is 18.9 Å². The summed E-state index contributed by atoms with van der Waals surface area (Å²) in [5.74, 6) is -1.84. The second kappa shape index (κ2) is 6.05. The lowest BCUT2D eigenvalue weighted by Gasteiger charge is -2.24. The molecule has 2 rings (SSSR count). The number of aromatic carboxylic acids is 1. The predicted molar refractivity (Wildman–Crippen MR) is 71.9 cm³/mol. The van der Waals surface area contributed by atoms with Gasteiger partial charge < -0.3 is 9.52 Å². The first-order valence-corrected chi connectivity index (χ1v) is 6.35. The third-order valence-electron chi connectivity index (χ3n) is 3.44. The second-order valence-corrected chi connectivity index (χ2v) is 4.82. The number of hydrogen-bond donors (Lipinski definition) is 1. The van der Waals surface area contributed by atoms with Crippen LogP contribution >= 0.6 is 0 Å². The van der Waals surface area contributed by atoms with Gasteiger partial charge in [-0.2, -0.15) is 0 Å². The van der Waals surface area contributed by atoms with Crippen molar-refractivity contribution < 1.29 is 23.1 Å². The van der Waals surface area contributed by atoms with Gasteiger partial charge in [0, 0.05) is 11.6 Å². The Balaban J connectivity index is 2.19. The van der Waals surface area contributed by atoms with Crippen LogP contribution in [0.5, 0.6) is 0 Å². The maximum atomic E-state index is 13.8. The minimum atomic E-state index is -1.09. The fourth-order valence-electron chi connectivity index (χ4n) is 2.09. The molecule has 1 heterocycles. The van der Waals surface area contributed by atoms with Crippen molar-refractivity contribution in [1.82, 2.24) is 4.90 Å². The summed E-state index contributed by atoms with van der Waals surface area (Å²) in [6.07, 6.45) is 1.29. The molecule has 4 nitrogen and oxygen atoms in total. The Morgan fingerprint density at radius 3 is 2.76 bits per heavy atom. The molecule has 112 valence electrons. The van der Waals surface area contributed by atoms with Crippen molar-refractivity contribution in [2.45, 2.75) is 19.5 Å². The molecule has 1 N–H and O–H groups in total. The van der Waals surface area contributed by atoms with E-state index >= 15 is 0 Å². The van der Waals surface area contributed by atoms with E-state index < -0.39 is 23.6 Å². The van der Waals surface area contributed by atoms with Crippen molar-refractivity contribution in [3.05, 3.63) is 59.1 Å². The first-order chi connectivity index (χ1) is 9.90. The van der Waals surface area contributed by atoms with Crippen molar-refractivity contribution in [1.29, 1.82) is 0 Å². The molecule has 0 bridgehead atoms. The third-order valence-corrected chi connectivity index (χ3v) is 3.44. The van der Waals surface area contributed by atoms with E-state index in [4.69, 9.17) is 9.52 Å². The van der Waals surface area contributed by atoms with Crippen molar-refractivity contribution >= 4 is 5.97 Å². The lowest BCUT2D eigenvalue weighted by molar-refractivity contribution is 0.0692. The van der Waals surface area contributed by atoms with Gasteiger partial charge in [-0.25, -0.2) is 13.6 Å². The van der Waals surface area contributed by atoms with E-state index in [9.17, 15) is 13.6 Å². The van der Waals surface area contributed by atoms with E-state index in [0.29, 0.717) is 0 Å². The molecule has 0 aliphatic heterocycles. The van der Waals surface area contributed by atoms with Crippen LogP contribution < -0.4 is 0 Å². The van der Waals surface area contributed by atoms with Crippen LogP contribution in [0.2, 0.25) is 0 Å². The molecular weight excluding hydrogens is 280 g/mol. The van der Waals surface area contributed by atoms with Crippen LogP contribution in [0.15, 0.2) is 34.9 Å². The average Bonchev–Trinajstić information content (AvgIpc) is 2.89. The summed E-state index contributed by atoms with van der Waals surface area (Å²) in [4.78, 5) is 12.7. The minimum absolute atomic E-state index is 0.0637. The second-order valence-electron chi connectivity index (χ2n) is 4.82. The Bertz CT molecular complexity index is 654. The largest absolute Gasteiger partial charge is 0.478 e. The number of halogens is 2. The number of rotatable bonds is 5. The number of carboxylic acid groups (broad SMARTS) is 1. The van der Waals surface area contributed by atoms with E-state index in [0.717, 1.165) is 18.2 Å². The van der Waals surface area contributed by atoms with Crippen LogP contribution in [0.3, 0.4) is 0 Å². The maximum absolute atomic E-state index is 13.8. The highest BCUT2D eigenvalue weighted by Crippen LogP contribution is 2.25. The SMILES string of the molecule is CC(c1cc(F)ccc1F)N(C)Cc1occc1C(=O)O. The molecule has 0 fully saturated rings. The summed E-state index contributed by atoms with van der Waals surface area (Å²) >= 11 is 0. The van der Waals surface area contributed by atoms with Gasteiger partial charge >= 0.3 is 5.97 Å². The molecule has 1 aromatic carbocycles. The zero-order valence-electron chi connectivity index (χ0n) is 11.6. The van der Waals surface area contributed by atoms with E-state index in [1.807, 2.05) is 0 Å². The number of carbonyl (C=O) groups is 1. The summed E-state index contributed by atoms with van der Waals surface area (Å²) in [5, 5.41) is 9.02. The molecule has 0 saturated heterocycles. The molecule has 6 heteroatoms. The van der Waals surface area contributed by atoms with Crippen LogP contribution in [-0.4, -0.2) is 23.0 Å². The van der Waals surface area contributed by atoms with Crippen LogP contribution in [0.4, 0.5) is 8.78 Å². The van der Waals surface area contributed by atoms with E-state index in [-0.39, 0.29) is 23.4 Å². The molecule has 0 spiro atoms. The highest BCUT2D eigenvalue weighted by atomic mass is 19.1. The van der Waals surface area contributed by atoms with Crippen LogP contribution in [0.25, 0.3) is 0 Å². The lowest BCUT2D eigenvalue weighted by atomic mass is 10.1. The van der Waals surface area contributed by atoms with Gasteiger partial charge in [-0.15, -0.1) is 0 Å². The maximum Gasteiger partial charge on any atom is 0.339 e. The summed E-state index contributed by atoms with van der Waals surface area (Å²) in [5.41, 5.74) is 0.273. The van der Waals surface area contributed by atoms with E-state index in [1.165, 1.54) is 12.3 Å². The van der Waals surface area contributed by atoms with Crippen LogP contribution in [-0.2, 0) is 6.54 Å². The third kappa shape index (κ3) is 3.28. The fourth-order valence-corrected chi connectivity index (χ4v) is 2.09. The summed E-state index contributed by atoms with van der Waals surface area (Å²) in [7, 11) is 1.68.